The van der Waals surface area contributed by atoms with Crippen LogP contribution in [0.25, 0.3) is 0 Å². The van der Waals surface area contributed by atoms with Crippen LogP contribution in [0.3, 0.4) is 0 Å². The predicted octanol–water partition coefficient (Wildman–Crippen LogP) is 4.62. The van der Waals surface area contributed by atoms with Crippen LogP contribution in [0.2, 0.25) is 0 Å². The van der Waals surface area contributed by atoms with Gasteiger partial charge < -0.3 is 14.7 Å². The summed E-state index contributed by atoms with van der Waals surface area (Å²) in [5.41, 5.74) is 9.12. The second-order valence-electron chi connectivity index (χ2n) is 8.22. The fourth-order valence-electron chi connectivity index (χ4n) is 3.90. The molecule has 0 saturated carbocycles. The lowest BCUT2D eigenvalue weighted by Crippen LogP contribution is -2.27. The van der Waals surface area contributed by atoms with Crippen molar-refractivity contribution in [1.82, 2.24) is 0 Å². The first-order valence-corrected chi connectivity index (χ1v) is 12.7. The molecule has 3 aromatic rings. The van der Waals surface area contributed by atoms with Gasteiger partial charge in [0.1, 0.15) is 10.6 Å². The molecule has 6 nitrogen and oxygen atoms in total. The lowest BCUT2D eigenvalue weighted by Gasteiger charge is -2.26. The van der Waals surface area contributed by atoms with Crippen molar-refractivity contribution in [3.8, 4) is 5.75 Å². The van der Waals surface area contributed by atoms with Gasteiger partial charge in [0.15, 0.2) is 0 Å². The standard InChI is InChI=1S/C27H31NO5S/c1-3-32-27(29)18-23(19-28)26(17-21-7-5-4-6-8-21)22-11-13-24(14-12-22)33-34(30,31)25-15-9-20(2)10-16-25/h4-16,23,26H,3,17-19,28H2,1-2H3. The van der Waals surface area contributed by atoms with E-state index in [2.05, 4.69) is 0 Å². The van der Waals surface area contributed by atoms with Gasteiger partial charge in [0.05, 0.1) is 13.0 Å². The molecule has 2 unspecified atom stereocenters. The minimum atomic E-state index is -3.94. The van der Waals surface area contributed by atoms with Gasteiger partial charge in [-0.05, 0) is 74.0 Å². The average molecular weight is 482 g/mol. The molecule has 0 spiro atoms. The quantitative estimate of drug-likeness (QED) is 0.317. The normalized spacial score (nSPS) is 13.1. The molecule has 2 atom stereocenters. The molecule has 180 valence electrons. The van der Waals surface area contributed by atoms with Gasteiger partial charge in [-0.1, -0.05) is 60.2 Å². The Kier molecular flexibility index (Phi) is 8.85. The van der Waals surface area contributed by atoms with Crippen molar-refractivity contribution in [3.63, 3.8) is 0 Å². The van der Waals surface area contributed by atoms with E-state index in [-0.39, 0.29) is 34.9 Å². The van der Waals surface area contributed by atoms with E-state index in [0.29, 0.717) is 19.6 Å². The summed E-state index contributed by atoms with van der Waals surface area (Å²) >= 11 is 0. The molecule has 0 bridgehead atoms. The van der Waals surface area contributed by atoms with Gasteiger partial charge in [-0.25, -0.2) is 0 Å². The van der Waals surface area contributed by atoms with Crippen molar-refractivity contribution >= 4 is 16.1 Å². The lowest BCUT2D eigenvalue weighted by atomic mass is 9.80. The number of rotatable bonds is 11. The molecule has 0 aromatic heterocycles. The number of hydrogen-bond acceptors (Lipinski definition) is 6. The summed E-state index contributed by atoms with van der Waals surface area (Å²) in [7, 11) is -3.94. The molecule has 0 radical (unpaired) electrons. The maximum Gasteiger partial charge on any atom is 0.339 e. The second kappa shape index (κ2) is 11.8. The molecule has 0 aliphatic rings. The molecule has 7 heteroatoms. The van der Waals surface area contributed by atoms with Crippen LogP contribution in [0.4, 0.5) is 0 Å². The third kappa shape index (κ3) is 6.92. The Morgan fingerprint density at radius 3 is 2.18 bits per heavy atom. The molecular weight excluding hydrogens is 450 g/mol. The Morgan fingerprint density at radius 1 is 0.941 bits per heavy atom. The number of nitrogens with two attached hydrogens (primary N) is 1. The molecule has 34 heavy (non-hydrogen) atoms. The summed E-state index contributed by atoms with van der Waals surface area (Å²) in [6.07, 6.45) is 0.895. The maximum atomic E-state index is 12.6. The van der Waals surface area contributed by atoms with E-state index < -0.39 is 10.1 Å². The van der Waals surface area contributed by atoms with Crippen LogP contribution >= 0.6 is 0 Å². The Hall–Kier alpha value is -3.16. The second-order valence-corrected chi connectivity index (χ2v) is 9.77. The molecule has 3 rings (SSSR count). The van der Waals surface area contributed by atoms with Crippen LogP contribution in [0.1, 0.15) is 36.0 Å². The molecule has 0 saturated heterocycles. The molecule has 0 aliphatic carbocycles. The molecule has 0 heterocycles. The summed E-state index contributed by atoms with van der Waals surface area (Å²) in [6, 6.07) is 23.4. The van der Waals surface area contributed by atoms with Crippen LogP contribution in [0.5, 0.6) is 5.75 Å². The molecule has 2 N–H and O–H groups in total. The first-order chi connectivity index (χ1) is 16.3. The first-order valence-electron chi connectivity index (χ1n) is 11.3. The van der Waals surface area contributed by atoms with E-state index in [9.17, 15) is 13.2 Å². The van der Waals surface area contributed by atoms with Gasteiger partial charge in [0.2, 0.25) is 0 Å². The van der Waals surface area contributed by atoms with Gasteiger partial charge in [-0.3, -0.25) is 4.79 Å². The van der Waals surface area contributed by atoms with Crippen molar-refractivity contribution in [2.24, 2.45) is 11.7 Å². The average Bonchev–Trinajstić information content (AvgIpc) is 2.83. The minimum Gasteiger partial charge on any atom is -0.466 e. The maximum absolute atomic E-state index is 12.6. The highest BCUT2D eigenvalue weighted by atomic mass is 32.2. The van der Waals surface area contributed by atoms with Crippen molar-refractivity contribution < 1.29 is 22.1 Å². The summed E-state index contributed by atoms with van der Waals surface area (Å²) in [6.45, 7) is 4.30. The zero-order chi connectivity index (χ0) is 24.6. The van der Waals surface area contributed by atoms with Gasteiger partial charge in [0, 0.05) is 0 Å². The number of hydrogen-bond donors (Lipinski definition) is 1. The van der Waals surface area contributed by atoms with Crippen molar-refractivity contribution in [1.29, 1.82) is 0 Å². The van der Waals surface area contributed by atoms with Crippen molar-refractivity contribution in [3.05, 3.63) is 95.6 Å². The van der Waals surface area contributed by atoms with Gasteiger partial charge in [-0.15, -0.1) is 0 Å². The van der Waals surface area contributed by atoms with Crippen LogP contribution in [0, 0.1) is 12.8 Å². The third-order valence-corrected chi connectivity index (χ3v) is 6.99. The topological polar surface area (TPSA) is 95.7 Å². The predicted molar refractivity (Wildman–Crippen MR) is 132 cm³/mol. The monoisotopic (exact) mass is 481 g/mol. The molecule has 0 amide bonds. The third-order valence-electron chi connectivity index (χ3n) is 5.73. The van der Waals surface area contributed by atoms with Crippen LogP contribution in [-0.4, -0.2) is 27.5 Å². The summed E-state index contributed by atoms with van der Waals surface area (Å²) < 4.78 is 35.7. The van der Waals surface area contributed by atoms with Crippen LogP contribution in [0.15, 0.2) is 83.8 Å². The van der Waals surface area contributed by atoms with E-state index in [0.717, 1.165) is 16.7 Å². The number of carbonyl (C=O) groups is 1. The van der Waals surface area contributed by atoms with Crippen LogP contribution < -0.4 is 9.92 Å². The molecule has 3 aromatic carbocycles. The summed E-state index contributed by atoms with van der Waals surface area (Å²) in [4.78, 5) is 12.3. The Bertz CT molecular complexity index is 1160. The fraction of sp³-hybridized carbons (Fsp3) is 0.296. The Labute approximate surface area is 201 Å². The van der Waals surface area contributed by atoms with E-state index >= 15 is 0 Å². The highest BCUT2D eigenvalue weighted by Crippen LogP contribution is 2.32. The minimum absolute atomic E-state index is 0.0560. The van der Waals surface area contributed by atoms with Crippen molar-refractivity contribution in [2.75, 3.05) is 13.2 Å². The molecule has 0 aliphatic heterocycles. The van der Waals surface area contributed by atoms with E-state index in [4.69, 9.17) is 14.7 Å². The Balaban J connectivity index is 1.84. The van der Waals surface area contributed by atoms with Crippen LogP contribution in [-0.2, 0) is 26.1 Å². The highest BCUT2D eigenvalue weighted by Gasteiger charge is 2.26. The SMILES string of the molecule is CCOC(=O)CC(CN)C(Cc1ccccc1)c1ccc(OS(=O)(=O)c2ccc(C)cc2)cc1. The van der Waals surface area contributed by atoms with E-state index in [1.807, 2.05) is 49.4 Å². The van der Waals surface area contributed by atoms with E-state index in [1.54, 1.807) is 31.2 Å². The summed E-state index contributed by atoms with van der Waals surface area (Å²) in [5, 5.41) is 0. The number of esters is 1. The number of aryl methyl sites for hydroxylation is 1. The lowest BCUT2D eigenvalue weighted by molar-refractivity contribution is -0.144. The van der Waals surface area contributed by atoms with E-state index in [1.165, 1.54) is 12.1 Å². The van der Waals surface area contributed by atoms with Crippen molar-refractivity contribution in [2.45, 2.75) is 37.5 Å². The Morgan fingerprint density at radius 2 is 1.59 bits per heavy atom. The molecule has 0 fully saturated rings. The summed E-state index contributed by atoms with van der Waals surface area (Å²) in [5.74, 6) is -0.250. The number of benzene rings is 3. The number of ether oxygens (including phenoxy) is 1. The molecular formula is C27H31NO5S. The van der Waals surface area contributed by atoms with Gasteiger partial charge in [0.25, 0.3) is 0 Å². The fourth-order valence-corrected chi connectivity index (χ4v) is 4.83. The smallest absolute Gasteiger partial charge is 0.339 e. The zero-order valence-corrected chi connectivity index (χ0v) is 20.3. The van der Waals surface area contributed by atoms with Gasteiger partial charge >= 0.3 is 16.1 Å². The largest absolute Gasteiger partial charge is 0.466 e. The van der Waals surface area contributed by atoms with Gasteiger partial charge in [-0.2, -0.15) is 8.42 Å². The first kappa shape index (κ1) is 25.5. The zero-order valence-electron chi connectivity index (χ0n) is 19.5. The number of carbonyl (C=O) groups excluding carboxylic acids is 1. The highest BCUT2D eigenvalue weighted by molar-refractivity contribution is 7.87.